The lowest BCUT2D eigenvalue weighted by molar-refractivity contribution is -0.112. The minimum atomic E-state index is -0.443. The van der Waals surface area contributed by atoms with E-state index in [0.29, 0.717) is 17.8 Å². The first kappa shape index (κ1) is 19.9. The molecule has 0 aliphatic heterocycles. The van der Waals surface area contributed by atoms with Crippen LogP contribution in [0.3, 0.4) is 0 Å². The summed E-state index contributed by atoms with van der Waals surface area (Å²) < 4.78 is 5.14. The summed E-state index contributed by atoms with van der Waals surface area (Å²) >= 11 is 0. The molecule has 0 radical (unpaired) electrons. The molecule has 0 aromatic heterocycles. The molecule has 2 N–H and O–H groups in total. The van der Waals surface area contributed by atoms with Crippen molar-refractivity contribution >= 4 is 23.1 Å². The first-order valence-corrected chi connectivity index (χ1v) is 9.21. The van der Waals surface area contributed by atoms with Gasteiger partial charge in [0.25, 0.3) is 5.91 Å². The Kier molecular flexibility index (Phi) is 6.79. The Morgan fingerprint density at radius 3 is 2.07 bits per heavy atom. The summed E-state index contributed by atoms with van der Waals surface area (Å²) in [7, 11) is 1.61. The van der Waals surface area contributed by atoms with Gasteiger partial charge in [0.2, 0.25) is 0 Å². The molecule has 3 rings (SSSR count). The van der Waals surface area contributed by atoms with Crippen LogP contribution in [0.25, 0.3) is 0 Å². The molecule has 29 heavy (non-hydrogen) atoms. The number of ketones is 1. The molecule has 0 saturated heterocycles. The van der Waals surface area contributed by atoms with Gasteiger partial charge in [0.15, 0.2) is 5.78 Å². The second-order valence-electron chi connectivity index (χ2n) is 6.24. The van der Waals surface area contributed by atoms with Gasteiger partial charge in [-0.05, 0) is 42.5 Å². The molecule has 0 saturated carbocycles. The maximum absolute atomic E-state index is 12.9. The van der Waals surface area contributed by atoms with E-state index >= 15 is 0 Å². The number of rotatable bonds is 8. The van der Waals surface area contributed by atoms with Crippen molar-refractivity contribution in [3.05, 3.63) is 102 Å². The van der Waals surface area contributed by atoms with Crippen LogP contribution in [0.15, 0.2) is 96.6 Å². The Balaban J connectivity index is 1.78. The molecule has 1 amide bonds. The molecule has 146 valence electrons. The number of hydrogen-bond donors (Lipinski definition) is 2. The highest BCUT2D eigenvalue weighted by Crippen LogP contribution is 2.16. The minimum Gasteiger partial charge on any atom is -0.497 e. The number of ether oxygens (including phenoxy) is 1. The molecule has 3 aromatic carbocycles. The second-order valence-corrected chi connectivity index (χ2v) is 6.24. The fraction of sp³-hybridized carbons (Fsp3) is 0.0833. The number of benzene rings is 3. The molecule has 5 heteroatoms. The van der Waals surface area contributed by atoms with E-state index in [0.717, 1.165) is 11.4 Å². The number of methoxy groups -OCH3 is 1. The lowest BCUT2D eigenvalue weighted by Gasteiger charge is -2.10. The maximum atomic E-state index is 12.9. The summed E-state index contributed by atoms with van der Waals surface area (Å²) in [5, 5.41) is 5.97. The molecule has 0 heterocycles. The number of para-hydroxylation sites is 1. The Morgan fingerprint density at radius 1 is 0.828 bits per heavy atom. The van der Waals surface area contributed by atoms with Crippen LogP contribution in [0.1, 0.15) is 10.4 Å². The predicted molar refractivity (Wildman–Crippen MR) is 115 cm³/mol. The number of Topliss-reactive ketones (excluding diaryl/α,β-unsaturated/α-hetero) is 1. The highest BCUT2D eigenvalue weighted by Gasteiger charge is 2.19. The average Bonchev–Trinajstić information content (AvgIpc) is 2.78. The lowest BCUT2D eigenvalue weighted by atomic mass is 10.0. The van der Waals surface area contributed by atoms with E-state index in [-0.39, 0.29) is 11.4 Å². The molecule has 0 fully saturated rings. The molecule has 0 spiro atoms. The summed E-state index contributed by atoms with van der Waals surface area (Å²) in [5.41, 5.74) is 2.04. The Bertz CT molecular complexity index is 982. The number of carbonyl (C=O) groups excluding carboxylic acids is 2. The van der Waals surface area contributed by atoms with Crippen molar-refractivity contribution in [2.75, 3.05) is 24.3 Å². The standard InChI is InChI=1S/C24H22N2O3/c1-29-21-14-12-19(13-15-21)25-17-16-22(23(27)18-8-4-2-5-9-18)24(28)26-20-10-6-3-7-11-20/h2-16,25H,17H2,1H3,(H,26,28). The topological polar surface area (TPSA) is 67.4 Å². The number of carbonyl (C=O) groups is 2. The van der Waals surface area contributed by atoms with Crippen LogP contribution in [-0.4, -0.2) is 25.3 Å². The van der Waals surface area contributed by atoms with Crippen LogP contribution < -0.4 is 15.4 Å². The van der Waals surface area contributed by atoms with E-state index in [1.54, 1.807) is 49.6 Å². The molecular formula is C24H22N2O3. The molecule has 0 unspecified atom stereocenters. The first-order chi connectivity index (χ1) is 14.2. The lowest BCUT2D eigenvalue weighted by Crippen LogP contribution is -2.22. The van der Waals surface area contributed by atoms with Crippen LogP contribution in [-0.2, 0) is 4.79 Å². The Morgan fingerprint density at radius 2 is 1.45 bits per heavy atom. The van der Waals surface area contributed by atoms with Crippen LogP contribution >= 0.6 is 0 Å². The van der Waals surface area contributed by atoms with Crippen LogP contribution in [0.2, 0.25) is 0 Å². The van der Waals surface area contributed by atoms with Crippen LogP contribution in [0.4, 0.5) is 11.4 Å². The zero-order chi connectivity index (χ0) is 20.5. The van der Waals surface area contributed by atoms with Gasteiger partial charge in [0.05, 0.1) is 12.7 Å². The molecule has 0 bridgehead atoms. The van der Waals surface area contributed by atoms with Crippen molar-refractivity contribution in [1.82, 2.24) is 0 Å². The third kappa shape index (κ3) is 5.56. The highest BCUT2D eigenvalue weighted by molar-refractivity contribution is 6.28. The summed E-state index contributed by atoms with van der Waals surface area (Å²) in [4.78, 5) is 25.7. The highest BCUT2D eigenvalue weighted by atomic mass is 16.5. The van der Waals surface area contributed by atoms with Gasteiger partial charge >= 0.3 is 0 Å². The number of nitrogens with one attached hydrogen (secondary N) is 2. The van der Waals surface area contributed by atoms with Crippen LogP contribution in [0.5, 0.6) is 5.75 Å². The van der Waals surface area contributed by atoms with Crippen molar-refractivity contribution in [1.29, 1.82) is 0 Å². The van der Waals surface area contributed by atoms with Gasteiger partial charge in [0, 0.05) is 23.5 Å². The van der Waals surface area contributed by atoms with Gasteiger partial charge in [-0.15, -0.1) is 0 Å². The van der Waals surface area contributed by atoms with Crippen LogP contribution in [0, 0.1) is 0 Å². The summed E-state index contributed by atoms with van der Waals surface area (Å²) in [6.07, 6.45) is 1.61. The molecule has 0 atom stereocenters. The van der Waals surface area contributed by atoms with Crippen molar-refractivity contribution in [3.63, 3.8) is 0 Å². The van der Waals surface area contributed by atoms with Crippen molar-refractivity contribution < 1.29 is 14.3 Å². The SMILES string of the molecule is COc1ccc(NCC=C(C(=O)Nc2ccccc2)C(=O)c2ccccc2)cc1. The normalized spacial score (nSPS) is 10.9. The summed E-state index contributed by atoms with van der Waals surface area (Å²) in [6.45, 7) is 0.322. The fourth-order valence-corrected chi connectivity index (χ4v) is 2.73. The van der Waals surface area contributed by atoms with E-state index in [1.165, 1.54) is 0 Å². The van der Waals surface area contributed by atoms with Gasteiger partial charge < -0.3 is 15.4 Å². The summed E-state index contributed by atoms with van der Waals surface area (Å²) in [5.74, 6) is -0.00887. The van der Waals surface area contributed by atoms with Gasteiger partial charge in [0.1, 0.15) is 5.75 Å². The molecule has 5 nitrogen and oxygen atoms in total. The van der Waals surface area contributed by atoms with E-state index in [1.807, 2.05) is 48.5 Å². The molecule has 0 aliphatic rings. The fourth-order valence-electron chi connectivity index (χ4n) is 2.73. The quantitative estimate of drug-likeness (QED) is 0.258. The van der Waals surface area contributed by atoms with Gasteiger partial charge in [-0.3, -0.25) is 9.59 Å². The molecule has 0 aliphatic carbocycles. The second kappa shape index (κ2) is 9.90. The average molecular weight is 386 g/mol. The molecular weight excluding hydrogens is 364 g/mol. The van der Waals surface area contributed by atoms with Gasteiger partial charge in [-0.2, -0.15) is 0 Å². The van der Waals surface area contributed by atoms with E-state index in [4.69, 9.17) is 4.74 Å². The zero-order valence-corrected chi connectivity index (χ0v) is 16.1. The van der Waals surface area contributed by atoms with E-state index in [9.17, 15) is 9.59 Å². The van der Waals surface area contributed by atoms with Crippen molar-refractivity contribution in [3.8, 4) is 5.75 Å². The number of anilines is 2. The summed E-state index contributed by atoms with van der Waals surface area (Å²) in [6, 6.07) is 25.2. The van der Waals surface area contributed by atoms with Gasteiger partial charge in [-0.1, -0.05) is 48.5 Å². The largest absolute Gasteiger partial charge is 0.497 e. The third-order valence-corrected chi connectivity index (χ3v) is 4.26. The smallest absolute Gasteiger partial charge is 0.259 e. The predicted octanol–water partition coefficient (Wildman–Crippen LogP) is 4.56. The minimum absolute atomic E-state index is 0.0843. The molecule has 3 aromatic rings. The number of hydrogen-bond acceptors (Lipinski definition) is 4. The van der Waals surface area contributed by atoms with Gasteiger partial charge in [-0.25, -0.2) is 0 Å². The van der Waals surface area contributed by atoms with E-state index < -0.39 is 5.91 Å². The maximum Gasteiger partial charge on any atom is 0.259 e. The van der Waals surface area contributed by atoms with Crippen molar-refractivity contribution in [2.24, 2.45) is 0 Å². The number of amides is 1. The first-order valence-electron chi connectivity index (χ1n) is 9.21. The monoisotopic (exact) mass is 386 g/mol. The zero-order valence-electron chi connectivity index (χ0n) is 16.1. The van der Waals surface area contributed by atoms with Crippen molar-refractivity contribution in [2.45, 2.75) is 0 Å². The van der Waals surface area contributed by atoms with E-state index in [2.05, 4.69) is 10.6 Å². The Labute approximate surface area is 170 Å². The third-order valence-electron chi connectivity index (χ3n) is 4.26. The Hall–Kier alpha value is -3.86.